The highest BCUT2D eigenvalue weighted by Gasteiger charge is 2.29. The third kappa shape index (κ3) is 2.94. The van der Waals surface area contributed by atoms with E-state index in [2.05, 4.69) is 30.6 Å². The van der Waals surface area contributed by atoms with E-state index in [-0.39, 0.29) is 0 Å². The standard InChI is InChI=1S/C15H20N6O/c1-4-13(18-17-7-1)21-8-2-3-12(21)9-16-10-14-19-20-15(22-14)11-5-6-11/h1,4,7,11-12,16H,2-3,5-6,8-10H2/t12-/m0/s1. The summed E-state index contributed by atoms with van der Waals surface area (Å²) in [6.07, 6.45) is 6.43. The Labute approximate surface area is 129 Å². The molecule has 2 aromatic heterocycles. The van der Waals surface area contributed by atoms with Gasteiger partial charge in [0.2, 0.25) is 11.8 Å². The number of hydrogen-bond acceptors (Lipinski definition) is 7. The van der Waals surface area contributed by atoms with Gasteiger partial charge < -0.3 is 14.6 Å². The van der Waals surface area contributed by atoms with Crippen molar-refractivity contribution >= 4 is 5.82 Å². The minimum Gasteiger partial charge on any atom is -0.424 e. The summed E-state index contributed by atoms with van der Waals surface area (Å²) >= 11 is 0. The molecular formula is C15H20N6O. The third-order valence-corrected chi connectivity index (χ3v) is 4.29. The predicted octanol–water partition coefficient (Wildman–Crippen LogP) is 1.50. The van der Waals surface area contributed by atoms with Crippen molar-refractivity contribution in [3.8, 4) is 0 Å². The minimum atomic E-state index is 0.447. The lowest BCUT2D eigenvalue weighted by atomic mass is 10.2. The van der Waals surface area contributed by atoms with Crippen LogP contribution in [0.1, 0.15) is 43.4 Å². The molecule has 1 N–H and O–H groups in total. The van der Waals surface area contributed by atoms with E-state index in [1.165, 1.54) is 25.7 Å². The summed E-state index contributed by atoms with van der Waals surface area (Å²) < 4.78 is 5.66. The van der Waals surface area contributed by atoms with Crippen LogP contribution in [-0.4, -0.2) is 39.5 Å². The van der Waals surface area contributed by atoms with Crippen LogP contribution >= 0.6 is 0 Å². The lowest BCUT2D eigenvalue weighted by Gasteiger charge is -2.25. The second-order valence-electron chi connectivity index (χ2n) is 6.01. The van der Waals surface area contributed by atoms with Crippen LogP contribution in [0.2, 0.25) is 0 Å². The number of nitrogens with zero attached hydrogens (tertiary/aromatic N) is 5. The Morgan fingerprint density at radius 1 is 1.23 bits per heavy atom. The zero-order valence-corrected chi connectivity index (χ0v) is 12.5. The van der Waals surface area contributed by atoms with Gasteiger partial charge in [-0.15, -0.1) is 15.3 Å². The first kappa shape index (κ1) is 13.6. The maximum atomic E-state index is 5.66. The average molecular weight is 300 g/mol. The number of hydrogen-bond donors (Lipinski definition) is 1. The van der Waals surface area contributed by atoms with Crippen molar-refractivity contribution in [2.45, 2.75) is 44.2 Å². The molecule has 0 aromatic carbocycles. The third-order valence-electron chi connectivity index (χ3n) is 4.29. The molecule has 7 nitrogen and oxygen atoms in total. The Hall–Kier alpha value is -2.02. The monoisotopic (exact) mass is 300 g/mol. The second kappa shape index (κ2) is 6.00. The molecule has 0 amide bonds. The fourth-order valence-corrected chi connectivity index (χ4v) is 2.98. The average Bonchev–Trinajstić information content (AvgIpc) is 3.12. The van der Waals surface area contributed by atoms with Crippen LogP contribution in [-0.2, 0) is 6.54 Å². The van der Waals surface area contributed by atoms with Gasteiger partial charge in [0, 0.05) is 31.2 Å². The van der Waals surface area contributed by atoms with Crippen LogP contribution in [0.25, 0.3) is 0 Å². The van der Waals surface area contributed by atoms with E-state index in [4.69, 9.17) is 4.42 Å². The molecule has 4 rings (SSSR count). The molecule has 0 unspecified atom stereocenters. The van der Waals surface area contributed by atoms with Crippen molar-refractivity contribution in [2.24, 2.45) is 0 Å². The van der Waals surface area contributed by atoms with E-state index in [0.29, 0.717) is 24.4 Å². The lowest BCUT2D eigenvalue weighted by Crippen LogP contribution is -2.38. The maximum Gasteiger partial charge on any atom is 0.230 e. The smallest absolute Gasteiger partial charge is 0.230 e. The molecular weight excluding hydrogens is 280 g/mol. The summed E-state index contributed by atoms with van der Waals surface area (Å²) in [5, 5.41) is 19.8. The zero-order valence-electron chi connectivity index (χ0n) is 12.5. The summed E-state index contributed by atoms with van der Waals surface area (Å²) in [4.78, 5) is 2.32. The van der Waals surface area contributed by atoms with Gasteiger partial charge in [0.15, 0.2) is 5.82 Å². The molecule has 1 aliphatic carbocycles. The number of aromatic nitrogens is 4. The van der Waals surface area contributed by atoms with Crippen molar-refractivity contribution in [1.82, 2.24) is 25.7 Å². The highest BCUT2D eigenvalue weighted by Crippen LogP contribution is 2.38. The minimum absolute atomic E-state index is 0.447. The van der Waals surface area contributed by atoms with E-state index in [1.54, 1.807) is 6.20 Å². The molecule has 2 aromatic rings. The number of anilines is 1. The van der Waals surface area contributed by atoms with Crippen LogP contribution in [0.5, 0.6) is 0 Å². The van der Waals surface area contributed by atoms with E-state index < -0.39 is 0 Å². The van der Waals surface area contributed by atoms with E-state index >= 15 is 0 Å². The first-order chi connectivity index (χ1) is 10.9. The molecule has 0 radical (unpaired) electrons. The number of rotatable bonds is 6. The molecule has 22 heavy (non-hydrogen) atoms. The van der Waals surface area contributed by atoms with Crippen LogP contribution in [0, 0.1) is 0 Å². The largest absolute Gasteiger partial charge is 0.424 e. The fourth-order valence-electron chi connectivity index (χ4n) is 2.98. The van der Waals surface area contributed by atoms with Crippen LogP contribution < -0.4 is 10.2 Å². The van der Waals surface area contributed by atoms with Gasteiger partial charge >= 0.3 is 0 Å². The molecule has 1 saturated heterocycles. The first-order valence-electron chi connectivity index (χ1n) is 7.97. The summed E-state index contributed by atoms with van der Waals surface area (Å²) in [6.45, 7) is 2.56. The van der Waals surface area contributed by atoms with Crippen molar-refractivity contribution in [1.29, 1.82) is 0 Å². The molecule has 1 saturated carbocycles. The van der Waals surface area contributed by atoms with E-state index in [1.807, 2.05) is 12.1 Å². The van der Waals surface area contributed by atoms with Crippen molar-refractivity contribution in [3.05, 3.63) is 30.1 Å². The van der Waals surface area contributed by atoms with Crippen molar-refractivity contribution in [2.75, 3.05) is 18.0 Å². The lowest BCUT2D eigenvalue weighted by molar-refractivity contribution is 0.427. The highest BCUT2D eigenvalue weighted by atomic mass is 16.4. The molecule has 116 valence electrons. The SMILES string of the molecule is c1cnnc(N2CCC[C@H]2CNCc2nnc(C3CC3)o2)c1. The fraction of sp³-hybridized carbons (Fsp3) is 0.600. The number of nitrogens with one attached hydrogen (secondary N) is 1. The van der Waals surface area contributed by atoms with Gasteiger partial charge in [0.05, 0.1) is 6.54 Å². The molecule has 7 heteroatoms. The topological polar surface area (TPSA) is 80.0 Å². The van der Waals surface area contributed by atoms with E-state index in [9.17, 15) is 0 Å². The molecule has 3 heterocycles. The van der Waals surface area contributed by atoms with Crippen LogP contribution in [0.4, 0.5) is 5.82 Å². The van der Waals surface area contributed by atoms with Crippen LogP contribution in [0.15, 0.2) is 22.7 Å². The zero-order chi connectivity index (χ0) is 14.8. The predicted molar refractivity (Wildman–Crippen MR) is 80.4 cm³/mol. The summed E-state index contributed by atoms with van der Waals surface area (Å²) in [6, 6.07) is 4.40. The molecule has 1 aliphatic heterocycles. The van der Waals surface area contributed by atoms with Gasteiger partial charge in [-0.2, -0.15) is 5.10 Å². The van der Waals surface area contributed by atoms with Gasteiger partial charge in [-0.05, 0) is 37.8 Å². The Balaban J connectivity index is 1.30. The molecule has 0 bridgehead atoms. The summed E-state index contributed by atoms with van der Waals surface area (Å²) in [5.74, 6) is 2.97. The van der Waals surface area contributed by atoms with E-state index in [0.717, 1.165) is 24.8 Å². The maximum absolute atomic E-state index is 5.66. The van der Waals surface area contributed by atoms with Gasteiger partial charge in [-0.25, -0.2) is 0 Å². The normalized spacial score (nSPS) is 21.5. The van der Waals surface area contributed by atoms with Crippen molar-refractivity contribution in [3.63, 3.8) is 0 Å². The molecule has 1 atom stereocenters. The van der Waals surface area contributed by atoms with Gasteiger partial charge in [0.1, 0.15) is 0 Å². The molecule has 0 spiro atoms. The molecule has 2 aliphatic rings. The van der Waals surface area contributed by atoms with Gasteiger partial charge in [0.25, 0.3) is 0 Å². The summed E-state index contributed by atoms with van der Waals surface area (Å²) in [5.41, 5.74) is 0. The Morgan fingerprint density at radius 2 is 2.18 bits per heavy atom. The molecule has 2 fully saturated rings. The Kier molecular flexibility index (Phi) is 3.72. The quantitative estimate of drug-likeness (QED) is 0.865. The Bertz CT molecular complexity index is 612. The Morgan fingerprint density at radius 3 is 3.00 bits per heavy atom. The van der Waals surface area contributed by atoms with Gasteiger partial charge in [-0.3, -0.25) is 0 Å². The van der Waals surface area contributed by atoms with Gasteiger partial charge in [-0.1, -0.05) is 0 Å². The van der Waals surface area contributed by atoms with Crippen molar-refractivity contribution < 1.29 is 4.42 Å². The highest BCUT2D eigenvalue weighted by molar-refractivity contribution is 5.39. The first-order valence-corrected chi connectivity index (χ1v) is 7.97. The summed E-state index contributed by atoms with van der Waals surface area (Å²) in [7, 11) is 0. The second-order valence-corrected chi connectivity index (χ2v) is 6.01. The van der Waals surface area contributed by atoms with Crippen LogP contribution in [0.3, 0.4) is 0 Å².